The summed E-state index contributed by atoms with van der Waals surface area (Å²) in [7, 11) is 0. The lowest BCUT2D eigenvalue weighted by atomic mass is 10.2. The highest BCUT2D eigenvalue weighted by molar-refractivity contribution is 5.61. The van der Waals surface area contributed by atoms with Crippen molar-refractivity contribution in [3.05, 3.63) is 34.1 Å². The summed E-state index contributed by atoms with van der Waals surface area (Å²) < 4.78 is 13.4. The Morgan fingerprint density at radius 1 is 1.37 bits per heavy atom. The number of nitro groups is 1. The fraction of sp³-hybridized carbons (Fsp3) is 0.538. The van der Waals surface area contributed by atoms with Gasteiger partial charge in [-0.3, -0.25) is 10.1 Å². The van der Waals surface area contributed by atoms with E-state index in [4.69, 9.17) is 0 Å². The Bertz CT molecular complexity index is 426. The van der Waals surface area contributed by atoms with E-state index >= 15 is 0 Å². The molecule has 1 aromatic rings. The van der Waals surface area contributed by atoms with E-state index in [1.54, 1.807) is 0 Å². The Labute approximate surface area is 112 Å². The minimum absolute atomic E-state index is 0.234. The summed E-state index contributed by atoms with van der Waals surface area (Å²) in [5.74, 6) is -0.809. The van der Waals surface area contributed by atoms with E-state index in [9.17, 15) is 14.5 Å². The van der Waals surface area contributed by atoms with Gasteiger partial charge in [0.2, 0.25) is 5.82 Å². The normalized spacial score (nSPS) is 10.7. The molecular formula is C13H20FN3O2. The van der Waals surface area contributed by atoms with Crippen molar-refractivity contribution in [2.45, 2.75) is 20.3 Å². The van der Waals surface area contributed by atoms with Crippen LogP contribution in [0.25, 0.3) is 0 Å². The van der Waals surface area contributed by atoms with Crippen LogP contribution in [0.5, 0.6) is 0 Å². The summed E-state index contributed by atoms with van der Waals surface area (Å²) in [4.78, 5) is 12.4. The second kappa shape index (κ2) is 7.68. The first-order chi connectivity index (χ1) is 9.10. The van der Waals surface area contributed by atoms with Crippen molar-refractivity contribution in [2.75, 3.05) is 31.5 Å². The van der Waals surface area contributed by atoms with E-state index in [1.807, 2.05) is 0 Å². The highest BCUT2D eigenvalue weighted by Crippen LogP contribution is 2.26. The molecule has 0 saturated heterocycles. The summed E-state index contributed by atoms with van der Waals surface area (Å²) in [5.41, 5.74) is -0.251. The molecule has 0 saturated carbocycles. The smallest absolute Gasteiger partial charge is 0.327 e. The molecular weight excluding hydrogens is 249 g/mol. The van der Waals surface area contributed by atoms with Gasteiger partial charge in [-0.25, -0.2) is 0 Å². The molecule has 0 spiro atoms. The van der Waals surface area contributed by atoms with E-state index < -0.39 is 16.4 Å². The fourth-order valence-corrected chi connectivity index (χ4v) is 1.94. The van der Waals surface area contributed by atoms with Gasteiger partial charge in [0.25, 0.3) is 0 Å². The summed E-state index contributed by atoms with van der Waals surface area (Å²) in [6, 6.07) is 4.09. The van der Waals surface area contributed by atoms with Crippen molar-refractivity contribution in [3.63, 3.8) is 0 Å². The number of hydrogen-bond acceptors (Lipinski definition) is 4. The summed E-state index contributed by atoms with van der Waals surface area (Å²) >= 11 is 0. The number of nitro benzene ring substituents is 1. The van der Waals surface area contributed by atoms with Crippen LogP contribution in [0.1, 0.15) is 20.3 Å². The predicted octanol–water partition coefficient (Wildman–Crippen LogP) is 2.88. The van der Waals surface area contributed by atoms with E-state index in [0.717, 1.165) is 32.1 Å². The molecule has 0 aliphatic rings. The number of benzene rings is 1. The van der Waals surface area contributed by atoms with Crippen LogP contribution in [0.2, 0.25) is 0 Å². The van der Waals surface area contributed by atoms with Gasteiger partial charge in [-0.2, -0.15) is 4.39 Å². The number of rotatable bonds is 8. The van der Waals surface area contributed by atoms with Gasteiger partial charge < -0.3 is 10.2 Å². The molecule has 0 radical (unpaired) electrons. The molecule has 19 heavy (non-hydrogen) atoms. The lowest BCUT2D eigenvalue weighted by Gasteiger charge is -2.19. The third kappa shape index (κ3) is 4.48. The minimum Gasteiger partial charge on any atom is -0.378 e. The number of anilines is 1. The molecule has 0 fully saturated rings. The summed E-state index contributed by atoms with van der Waals surface area (Å²) in [5, 5.41) is 13.7. The highest BCUT2D eigenvalue weighted by Gasteiger charge is 2.19. The maximum Gasteiger partial charge on any atom is 0.327 e. The van der Waals surface area contributed by atoms with E-state index in [-0.39, 0.29) is 5.69 Å². The van der Waals surface area contributed by atoms with Crippen LogP contribution in [-0.4, -0.2) is 36.0 Å². The molecule has 0 aromatic heterocycles. The van der Waals surface area contributed by atoms with E-state index in [0.29, 0.717) is 6.54 Å². The number of likely N-dealkylation sites (N-methyl/N-ethyl adjacent to an activating group) is 1. The second-order valence-electron chi connectivity index (χ2n) is 4.25. The molecule has 0 aliphatic carbocycles. The van der Waals surface area contributed by atoms with Crippen LogP contribution >= 0.6 is 0 Å². The average Bonchev–Trinajstić information content (AvgIpc) is 2.37. The Morgan fingerprint density at radius 2 is 2.11 bits per heavy atom. The molecule has 1 aromatic carbocycles. The van der Waals surface area contributed by atoms with E-state index in [1.165, 1.54) is 12.1 Å². The first-order valence-corrected chi connectivity index (χ1v) is 6.49. The third-order valence-electron chi connectivity index (χ3n) is 2.90. The molecule has 5 nitrogen and oxygen atoms in total. The van der Waals surface area contributed by atoms with Crippen LogP contribution in [0.15, 0.2) is 18.2 Å². The van der Waals surface area contributed by atoms with Crippen molar-refractivity contribution in [1.29, 1.82) is 0 Å². The Morgan fingerprint density at radius 3 is 2.68 bits per heavy atom. The molecule has 0 atom stereocenters. The van der Waals surface area contributed by atoms with Crippen LogP contribution in [-0.2, 0) is 0 Å². The topological polar surface area (TPSA) is 58.4 Å². The van der Waals surface area contributed by atoms with Crippen molar-refractivity contribution in [2.24, 2.45) is 0 Å². The summed E-state index contributed by atoms with van der Waals surface area (Å²) in [6.45, 7) is 7.42. The lowest BCUT2D eigenvalue weighted by Crippen LogP contribution is -2.29. The van der Waals surface area contributed by atoms with Crippen molar-refractivity contribution >= 4 is 11.4 Å². The Hall–Kier alpha value is -1.69. The molecule has 6 heteroatoms. The van der Waals surface area contributed by atoms with Gasteiger partial charge in [-0.15, -0.1) is 0 Å². The SMILES string of the molecule is CCCN(CC)CCNc1cccc(F)c1[N+](=O)[O-]. The zero-order valence-corrected chi connectivity index (χ0v) is 11.4. The van der Waals surface area contributed by atoms with Crippen LogP contribution in [0.3, 0.4) is 0 Å². The zero-order chi connectivity index (χ0) is 14.3. The van der Waals surface area contributed by atoms with E-state index in [2.05, 4.69) is 24.1 Å². The van der Waals surface area contributed by atoms with Gasteiger partial charge in [0.05, 0.1) is 4.92 Å². The van der Waals surface area contributed by atoms with Gasteiger partial charge in [-0.1, -0.05) is 19.9 Å². The summed E-state index contributed by atoms with van der Waals surface area (Å²) in [6.07, 6.45) is 1.06. The third-order valence-corrected chi connectivity index (χ3v) is 2.90. The van der Waals surface area contributed by atoms with Gasteiger partial charge in [0.1, 0.15) is 5.69 Å². The molecule has 0 unspecified atom stereocenters. The number of para-hydroxylation sites is 1. The lowest BCUT2D eigenvalue weighted by molar-refractivity contribution is -0.386. The maximum absolute atomic E-state index is 13.4. The standard InChI is InChI=1S/C13H20FN3O2/c1-3-9-16(4-2)10-8-15-12-7-5-6-11(14)13(12)17(18)19/h5-7,15H,3-4,8-10H2,1-2H3. The van der Waals surface area contributed by atoms with Gasteiger partial charge in [-0.05, 0) is 31.6 Å². The molecule has 0 amide bonds. The average molecular weight is 269 g/mol. The van der Waals surface area contributed by atoms with Crippen molar-refractivity contribution < 1.29 is 9.31 Å². The largest absolute Gasteiger partial charge is 0.378 e. The van der Waals surface area contributed by atoms with Gasteiger partial charge in [0.15, 0.2) is 0 Å². The van der Waals surface area contributed by atoms with Crippen LogP contribution < -0.4 is 5.32 Å². The van der Waals surface area contributed by atoms with Gasteiger partial charge >= 0.3 is 5.69 Å². The van der Waals surface area contributed by atoms with Crippen molar-refractivity contribution in [3.8, 4) is 0 Å². The molecule has 1 N–H and O–H groups in total. The Kier molecular flexibility index (Phi) is 6.21. The predicted molar refractivity (Wildman–Crippen MR) is 73.9 cm³/mol. The number of nitrogens with zero attached hydrogens (tertiary/aromatic N) is 2. The molecule has 0 heterocycles. The molecule has 1 rings (SSSR count). The van der Waals surface area contributed by atoms with Crippen molar-refractivity contribution in [1.82, 2.24) is 4.90 Å². The second-order valence-corrected chi connectivity index (χ2v) is 4.25. The molecule has 0 aliphatic heterocycles. The van der Waals surface area contributed by atoms with Gasteiger partial charge in [0, 0.05) is 13.1 Å². The molecule has 106 valence electrons. The number of hydrogen-bond donors (Lipinski definition) is 1. The quantitative estimate of drug-likeness (QED) is 0.582. The minimum atomic E-state index is -0.809. The Balaban J connectivity index is 2.63. The first kappa shape index (κ1) is 15.4. The zero-order valence-electron chi connectivity index (χ0n) is 11.4. The van der Waals surface area contributed by atoms with Crippen LogP contribution in [0, 0.1) is 15.9 Å². The highest BCUT2D eigenvalue weighted by atomic mass is 19.1. The number of halogens is 1. The fourth-order valence-electron chi connectivity index (χ4n) is 1.94. The maximum atomic E-state index is 13.4. The van der Waals surface area contributed by atoms with Crippen LogP contribution in [0.4, 0.5) is 15.8 Å². The number of nitrogens with one attached hydrogen (secondary N) is 1. The molecule has 0 bridgehead atoms. The monoisotopic (exact) mass is 269 g/mol. The first-order valence-electron chi connectivity index (χ1n) is 6.49.